The molecule has 0 unspecified atom stereocenters. The van der Waals surface area contributed by atoms with Gasteiger partial charge in [-0.3, -0.25) is 9.13 Å². The lowest BCUT2D eigenvalue weighted by molar-refractivity contribution is 0.668. The summed E-state index contributed by atoms with van der Waals surface area (Å²) in [5.74, 6) is 1.37. The summed E-state index contributed by atoms with van der Waals surface area (Å²) in [5.41, 5.74) is 14.0. The van der Waals surface area contributed by atoms with Crippen LogP contribution in [0.15, 0.2) is 215 Å². The van der Waals surface area contributed by atoms with E-state index in [1.807, 2.05) is 30.3 Å². The molecule has 0 aliphatic rings. The van der Waals surface area contributed by atoms with Gasteiger partial charge in [0.2, 0.25) is 5.95 Å². The summed E-state index contributed by atoms with van der Waals surface area (Å²) in [4.78, 5) is 11.0. The summed E-state index contributed by atoms with van der Waals surface area (Å²) in [6.45, 7) is 0. The first kappa shape index (κ1) is 34.9. The van der Waals surface area contributed by atoms with Gasteiger partial charge in [-0.2, -0.15) is 4.98 Å². The number of nitrogens with zero attached hydrogens (tertiary/aromatic N) is 4. The molecule has 0 amide bonds. The second-order valence-corrected chi connectivity index (χ2v) is 16.6. The van der Waals surface area contributed by atoms with Gasteiger partial charge in [0, 0.05) is 54.7 Å². The maximum absolute atomic E-state index is 6.20. The van der Waals surface area contributed by atoms with Crippen LogP contribution in [0.25, 0.3) is 133 Å². The summed E-state index contributed by atoms with van der Waals surface area (Å²) in [7, 11) is 0. The van der Waals surface area contributed by atoms with Gasteiger partial charge in [-0.25, -0.2) is 4.98 Å². The SMILES string of the molecule is c1ccc(-c2cc(-n3c4ccccc4c4ccc(-c5ccc6oc7ccccc7c6c5)cc43)nc(-n3c4ccccc4c4ccc(-c5ccc6oc7ccccc7c6c5)cc43)n2)cc1. The minimum Gasteiger partial charge on any atom is -0.456 e. The molecule has 64 heavy (non-hydrogen) atoms. The Hall–Kier alpha value is -8.74. The number of benzene rings is 9. The van der Waals surface area contributed by atoms with Gasteiger partial charge >= 0.3 is 0 Å². The summed E-state index contributed by atoms with van der Waals surface area (Å²) < 4.78 is 17.0. The molecule has 14 aromatic rings. The van der Waals surface area contributed by atoms with E-state index >= 15 is 0 Å². The van der Waals surface area contributed by atoms with E-state index in [-0.39, 0.29) is 0 Å². The van der Waals surface area contributed by atoms with Crippen LogP contribution in [0.3, 0.4) is 0 Å². The van der Waals surface area contributed by atoms with E-state index in [2.05, 4.69) is 185 Å². The Morgan fingerprint density at radius 1 is 0.281 bits per heavy atom. The van der Waals surface area contributed by atoms with Gasteiger partial charge in [-0.15, -0.1) is 0 Å². The second-order valence-electron chi connectivity index (χ2n) is 16.6. The zero-order chi connectivity index (χ0) is 41.9. The topological polar surface area (TPSA) is 61.9 Å². The molecule has 6 heteroatoms. The Balaban J connectivity index is 1.01. The van der Waals surface area contributed by atoms with Crippen molar-refractivity contribution in [3.63, 3.8) is 0 Å². The van der Waals surface area contributed by atoms with E-state index in [1.54, 1.807) is 0 Å². The maximum Gasteiger partial charge on any atom is 0.237 e. The Kier molecular flexibility index (Phi) is 7.30. The van der Waals surface area contributed by atoms with Crippen molar-refractivity contribution in [3.8, 4) is 45.3 Å². The van der Waals surface area contributed by atoms with Gasteiger partial charge in [0.15, 0.2) is 0 Å². The molecular weight excluding hydrogens is 785 g/mol. The van der Waals surface area contributed by atoms with Gasteiger partial charge < -0.3 is 8.83 Å². The molecule has 6 nitrogen and oxygen atoms in total. The summed E-state index contributed by atoms with van der Waals surface area (Å²) in [5, 5.41) is 9.01. The van der Waals surface area contributed by atoms with Crippen molar-refractivity contribution in [1.82, 2.24) is 19.1 Å². The molecule has 9 aromatic carbocycles. The van der Waals surface area contributed by atoms with Gasteiger partial charge in [-0.05, 0) is 82.9 Å². The van der Waals surface area contributed by atoms with Crippen LogP contribution in [0.5, 0.6) is 0 Å². The largest absolute Gasteiger partial charge is 0.456 e. The van der Waals surface area contributed by atoms with E-state index < -0.39 is 0 Å². The van der Waals surface area contributed by atoms with Crippen molar-refractivity contribution in [3.05, 3.63) is 206 Å². The molecule has 0 radical (unpaired) electrons. The minimum atomic E-state index is 0.593. The average molecular weight is 819 g/mol. The Bertz CT molecular complexity index is 3960. The monoisotopic (exact) mass is 818 g/mol. The van der Waals surface area contributed by atoms with Crippen LogP contribution in [0, 0.1) is 0 Å². The summed E-state index contributed by atoms with van der Waals surface area (Å²) in [6, 6.07) is 72.7. The Labute approximate surface area is 365 Å². The highest BCUT2D eigenvalue weighted by molar-refractivity contribution is 6.13. The molecule has 5 heterocycles. The van der Waals surface area contributed by atoms with Gasteiger partial charge in [0.25, 0.3) is 0 Å². The molecule has 0 N–H and O–H groups in total. The fraction of sp³-hybridized carbons (Fsp3) is 0. The molecule has 0 bridgehead atoms. The average Bonchev–Trinajstić information content (AvgIpc) is 4.11. The van der Waals surface area contributed by atoms with E-state index in [0.717, 1.165) is 127 Å². The van der Waals surface area contributed by atoms with E-state index in [4.69, 9.17) is 18.8 Å². The molecule has 0 fully saturated rings. The van der Waals surface area contributed by atoms with Crippen LogP contribution in [0.4, 0.5) is 0 Å². The zero-order valence-corrected chi connectivity index (χ0v) is 34.2. The molecule has 0 atom stereocenters. The standard InChI is InChI=1S/C58H34N4O2/c1-2-12-35(13-3-1)48-34-57(61-49-18-8-4-14-40(49)42-26-22-38(32-51(42)61)36-24-28-55-46(30-36)44-16-6-10-20-53(44)63-55)60-58(59-48)62-50-19-9-5-15-41(50)43-27-23-39(33-52(43)62)37-25-29-56-47(31-37)45-17-7-11-21-54(45)64-56/h1-34H. The second kappa shape index (κ2) is 13.4. The molecule has 0 aliphatic carbocycles. The number of rotatable bonds is 5. The molecule has 0 saturated heterocycles. The molecule has 14 rings (SSSR count). The van der Waals surface area contributed by atoms with Crippen LogP contribution in [-0.4, -0.2) is 19.1 Å². The van der Waals surface area contributed by atoms with Crippen molar-refractivity contribution in [2.45, 2.75) is 0 Å². The molecular formula is C58H34N4O2. The first-order chi connectivity index (χ1) is 31.7. The fourth-order valence-electron chi connectivity index (χ4n) is 9.97. The van der Waals surface area contributed by atoms with Crippen LogP contribution < -0.4 is 0 Å². The number of aromatic nitrogens is 4. The molecule has 0 aliphatic heterocycles. The highest BCUT2D eigenvalue weighted by Crippen LogP contribution is 2.40. The molecule has 298 valence electrons. The van der Waals surface area contributed by atoms with E-state index in [0.29, 0.717) is 5.95 Å². The maximum atomic E-state index is 6.20. The van der Waals surface area contributed by atoms with Gasteiger partial charge in [0.1, 0.15) is 28.1 Å². The van der Waals surface area contributed by atoms with Gasteiger partial charge in [0.05, 0.1) is 27.8 Å². The van der Waals surface area contributed by atoms with Crippen molar-refractivity contribution >= 4 is 87.5 Å². The normalized spacial score (nSPS) is 12.1. The quantitative estimate of drug-likeness (QED) is 0.174. The van der Waals surface area contributed by atoms with Crippen molar-refractivity contribution in [2.24, 2.45) is 0 Å². The molecule has 0 spiro atoms. The summed E-state index contributed by atoms with van der Waals surface area (Å²) >= 11 is 0. The van der Waals surface area contributed by atoms with Crippen molar-refractivity contribution in [2.75, 3.05) is 0 Å². The third-order valence-electron chi connectivity index (χ3n) is 13.0. The first-order valence-electron chi connectivity index (χ1n) is 21.6. The van der Waals surface area contributed by atoms with Crippen LogP contribution in [0.2, 0.25) is 0 Å². The minimum absolute atomic E-state index is 0.593. The number of furan rings is 2. The first-order valence-corrected chi connectivity index (χ1v) is 21.6. The fourth-order valence-corrected chi connectivity index (χ4v) is 9.97. The number of para-hydroxylation sites is 4. The van der Waals surface area contributed by atoms with Crippen LogP contribution in [-0.2, 0) is 0 Å². The van der Waals surface area contributed by atoms with Crippen molar-refractivity contribution < 1.29 is 8.83 Å². The highest BCUT2D eigenvalue weighted by Gasteiger charge is 2.21. The Morgan fingerprint density at radius 3 is 1.31 bits per heavy atom. The highest BCUT2D eigenvalue weighted by atomic mass is 16.3. The number of fused-ring (bicyclic) bond motifs is 12. The Morgan fingerprint density at radius 2 is 0.719 bits per heavy atom. The smallest absolute Gasteiger partial charge is 0.237 e. The lowest BCUT2D eigenvalue weighted by Gasteiger charge is -2.14. The lowest BCUT2D eigenvalue weighted by atomic mass is 10.0. The van der Waals surface area contributed by atoms with E-state index in [9.17, 15) is 0 Å². The number of hydrogen-bond acceptors (Lipinski definition) is 4. The lowest BCUT2D eigenvalue weighted by Crippen LogP contribution is -2.07. The predicted octanol–water partition coefficient (Wildman–Crippen LogP) is 15.5. The predicted molar refractivity (Wildman–Crippen MR) is 262 cm³/mol. The zero-order valence-electron chi connectivity index (χ0n) is 34.2. The third-order valence-corrected chi connectivity index (χ3v) is 13.0. The van der Waals surface area contributed by atoms with E-state index in [1.165, 1.54) is 0 Å². The van der Waals surface area contributed by atoms with Crippen LogP contribution in [0.1, 0.15) is 0 Å². The molecule has 5 aromatic heterocycles. The third kappa shape index (κ3) is 5.20. The van der Waals surface area contributed by atoms with Crippen molar-refractivity contribution in [1.29, 1.82) is 0 Å². The molecule has 0 saturated carbocycles. The number of hydrogen-bond donors (Lipinski definition) is 0. The van der Waals surface area contributed by atoms with Gasteiger partial charge in [-0.1, -0.05) is 140 Å². The summed E-state index contributed by atoms with van der Waals surface area (Å²) in [6.07, 6.45) is 0. The van der Waals surface area contributed by atoms with Crippen LogP contribution >= 0.6 is 0 Å².